The van der Waals surface area contributed by atoms with Gasteiger partial charge in [-0.05, 0) is 36.0 Å². The molecular formula is C14H22O3. The molecule has 2 aliphatic carbocycles. The van der Waals surface area contributed by atoms with Crippen LogP contribution in [0, 0.1) is 16.7 Å². The first-order valence-corrected chi connectivity index (χ1v) is 6.40. The molecule has 0 spiro atoms. The molecule has 2 rings (SSSR count). The maximum Gasteiger partial charge on any atom is 0.333 e. The molecule has 0 bridgehead atoms. The lowest BCUT2D eigenvalue weighted by Crippen LogP contribution is -2.46. The van der Waals surface area contributed by atoms with Crippen molar-refractivity contribution in [3.8, 4) is 0 Å². The third-order valence-corrected chi connectivity index (χ3v) is 4.83. The molecule has 0 aromatic carbocycles. The van der Waals surface area contributed by atoms with Crippen LogP contribution < -0.4 is 0 Å². The maximum atomic E-state index is 11.1. The molecule has 0 aliphatic heterocycles. The zero-order valence-corrected chi connectivity index (χ0v) is 10.9. The first-order chi connectivity index (χ1) is 7.76. The van der Waals surface area contributed by atoms with Gasteiger partial charge in [-0.25, -0.2) is 4.79 Å². The molecule has 3 atom stereocenters. The molecule has 3 nitrogen and oxygen atoms in total. The van der Waals surface area contributed by atoms with Crippen LogP contribution in [0.2, 0.25) is 0 Å². The fourth-order valence-corrected chi connectivity index (χ4v) is 3.93. The minimum atomic E-state index is -0.972. The summed E-state index contributed by atoms with van der Waals surface area (Å²) in [6.45, 7) is 6.62. The number of fused-ring (bicyclic) bond motifs is 1. The van der Waals surface area contributed by atoms with E-state index in [1.807, 2.05) is 6.08 Å². The smallest absolute Gasteiger partial charge is 0.333 e. The Morgan fingerprint density at radius 2 is 2.00 bits per heavy atom. The SMILES string of the molecule is CC1(C)CCC[C@@]2(C)C=C(C(=O)O)[C@@H](O)C[C@H]12. The third kappa shape index (κ3) is 2.01. The first-order valence-electron chi connectivity index (χ1n) is 6.40. The predicted molar refractivity (Wildman–Crippen MR) is 65.6 cm³/mol. The van der Waals surface area contributed by atoms with Crippen LogP contribution in [0.3, 0.4) is 0 Å². The van der Waals surface area contributed by atoms with E-state index >= 15 is 0 Å². The van der Waals surface area contributed by atoms with E-state index < -0.39 is 12.1 Å². The summed E-state index contributed by atoms with van der Waals surface area (Å²) >= 11 is 0. The number of allylic oxidation sites excluding steroid dienone is 1. The number of carboxylic acid groups (broad SMARTS) is 1. The highest BCUT2D eigenvalue weighted by molar-refractivity contribution is 5.88. The summed E-state index contributed by atoms with van der Waals surface area (Å²) in [5.41, 5.74) is 0.324. The molecule has 0 aromatic heterocycles. The molecule has 0 heterocycles. The molecule has 96 valence electrons. The van der Waals surface area contributed by atoms with Crippen LogP contribution in [0.4, 0.5) is 0 Å². The highest BCUT2D eigenvalue weighted by Gasteiger charge is 2.49. The van der Waals surface area contributed by atoms with E-state index in [0.29, 0.717) is 12.3 Å². The van der Waals surface area contributed by atoms with Gasteiger partial charge in [0.1, 0.15) is 0 Å². The highest BCUT2D eigenvalue weighted by atomic mass is 16.4. The van der Waals surface area contributed by atoms with Crippen molar-refractivity contribution in [3.63, 3.8) is 0 Å². The van der Waals surface area contributed by atoms with Gasteiger partial charge in [0.2, 0.25) is 0 Å². The highest BCUT2D eigenvalue weighted by Crippen LogP contribution is 2.56. The lowest BCUT2D eigenvalue weighted by molar-refractivity contribution is -0.135. The van der Waals surface area contributed by atoms with Gasteiger partial charge in [0.25, 0.3) is 0 Å². The summed E-state index contributed by atoms with van der Waals surface area (Å²) in [4.78, 5) is 11.1. The quantitative estimate of drug-likeness (QED) is 0.738. The second-order valence-electron chi connectivity index (χ2n) is 6.56. The zero-order valence-electron chi connectivity index (χ0n) is 10.9. The summed E-state index contributed by atoms with van der Waals surface area (Å²) in [5, 5.41) is 19.1. The van der Waals surface area contributed by atoms with Crippen LogP contribution in [-0.2, 0) is 4.79 Å². The molecule has 0 radical (unpaired) electrons. The Bertz CT molecular complexity index is 370. The van der Waals surface area contributed by atoms with Gasteiger partial charge in [0.15, 0.2) is 0 Å². The number of aliphatic hydroxyl groups is 1. The second kappa shape index (κ2) is 3.84. The molecule has 17 heavy (non-hydrogen) atoms. The number of carbonyl (C=O) groups is 1. The Morgan fingerprint density at radius 3 is 2.59 bits per heavy atom. The van der Waals surface area contributed by atoms with Crippen LogP contribution in [0.25, 0.3) is 0 Å². The largest absolute Gasteiger partial charge is 0.478 e. The van der Waals surface area contributed by atoms with Crippen molar-refractivity contribution >= 4 is 5.97 Å². The number of carboxylic acids is 1. The Hall–Kier alpha value is -0.830. The Kier molecular flexibility index (Phi) is 2.85. The van der Waals surface area contributed by atoms with Crippen molar-refractivity contribution in [1.29, 1.82) is 0 Å². The molecule has 2 aliphatic rings. The summed E-state index contributed by atoms with van der Waals surface area (Å²) in [5.74, 6) is -0.595. The molecule has 0 saturated heterocycles. The standard InChI is InChI=1S/C14H22O3/c1-13(2)5-4-6-14(3)8-9(12(16)17)10(15)7-11(13)14/h8,10-11,15H,4-7H2,1-3H3,(H,16,17)/t10-,11+,14-/m0/s1. The minimum absolute atomic E-state index is 0.0608. The van der Waals surface area contributed by atoms with Gasteiger partial charge >= 0.3 is 5.97 Å². The predicted octanol–water partition coefficient (Wildman–Crippen LogP) is 2.59. The molecular weight excluding hydrogens is 216 g/mol. The number of hydrogen-bond acceptors (Lipinski definition) is 2. The van der Waals surface area contributed by atoms with E-state index in [0.717, 1.165) is 19.3 Å². The van der Waals surface area contributed by atoms with Crippen LogP contribution in [0.1, 0.15) is 46.5 Å². The molecule has 2 N–H and O–H groups in total. The lowest BCUT2D eigenvalue weighted by atomic mass is 9.52. The van der Waals surface area contributed by atoms with Crippen molar-refractivity contribution in [2.75, 3.05) is 0 Å². The Labute approximate surface area is 103 Å². The summed E-state index contributed by atoms with van der Waals surface area (Å²) < 4.78 is 0. The van der Waals surface area contributed by atoms with E-state index in [9.17, 15) is 9.90 Å². The van der Waals surface area contributed by atoms with E-state index in [-0.39, 0.29) is 16.4 Å². The van der Waals surface area contributed by atoms with E-state index in [1.165, 1.54) is 0 Å². The summed E-state index contributed by atoms with van der Waals surface area (Å²) in [7, 11) is 0. The van der Waals surface area contributed by atoms with Gasteiger partial charge in [-0.3, -0.25) is 0 Å². The summed E-state index contributed by atoms with van der Waals surface area (Å²) in [6, 6.07) is 0. The fraction of sp³-hybridized carbons (Fsp3) is 0.786. The van der Waals surface area contributed by atoms with Crippen LogP contribution >= 0.6 is 0 Å². The fourth-order valence-electron chi connectivity index (χ4n) is 3.93. The van der Waals surface area contributed by atoms with Crippen LogP contribution in [0.15, 0.2) is 11.6 Å². The van der Waals surface area contributed by atoms with E-state index in [1.54, 1.807) is 0 Å². The van der Waals surface area contributed by atoms with Crippen molar-refractivity contribution in [1.82, 2.24) is 0 Å². The van der Waals surface area contributed by atoms with Crippen molar-refractivity contribution < 1.29 is 15.0 Å². The average Bonchev–Trinajstić information content (AvgIpc) is 2.19. The third-order valence-electron chi connectivity index (χ3n) is 4.83. The molecule has 1 saturated carbocycles. The van der Waals surface area contributed by atoms with Gasteiger partial charge < -0.3 is 10.2 Å². The molecule has 3 heteroatoms. The first kappa shape index (κ1) is 12.6. The second-order valence-corrected chi connectivity index (χ2v) is 6.56. The molecule has 0 unspecified atom stereocenters. The van der Waals surface area contributed by atoms with Gasteiger partial charge in [-0.15, -0.1) is 0 Å². The van der Waals surface area contributed by atoms with Crippen molar-refractivity contribution in [3.05, 3.63) is 11.6 Å². The molecule has 1 fully saturated rings. The number of hydrogen-bond donors (Lipinski definition) is 2. The van der Waals surface area contributed by atoms with Crippen LogP contribution in [-0.4, -0.2) is 22.3 Å². The number of aliphatic hydroxyl groups excluding tert-OH is 1. The molecule has 0 amide bonds. The summed E-state index contributed by atoms with van der Waals surface area (Å²) in [6.07, 6.45) is 4.94. The van der Waals surface area contributed by atoms with Gasteiger partial charge in [0.05, 0.1) is 11.7 Å². The lowest BCUT2D eigenvalue weighted by Gasteiger charge is -2.52. The Morgan fingerprint density at radius 1 is 1.35 bits per heavy atom. The van der Waals surface area contributed by atoms with Crippen molar-refractivity contribution in [2.24, 2.45) is 16.7 Å². The minimum Gasteiger partial charge on any atom is -0.478 e. The van der Waals surface area contributed by atoms with E-state index in [4.69, 9.17) is 5.11 Å². The Balaban J connectivity index is 2.41. The molecule has 0 aromatic rings. The zero-order chi connectivity index (χ0) is 12.8. The van der Waals surface area contributed by atoms with Crippen LogP contribution in [0.5, 0.6) is 0 Å². The number of rotatable bonds is 1. The van der Waals surface area contributed by atoms with Crippen molar-refractivity contribution in [2.45, 2.75) is 52.6 Å². The van der Waals surface area contributed by atoms with Gasteiger partial charge in [0, 0.05) is 0 Å². The topological polar surface area (TPSA) is 57.5 Å². The average molecular weight is 238 g/mol. The van der Waals surface area contributed by atoms with Gasteiger partial charge in [-0.2, -0.15) is 0 Å². The number of aliphatic carboxylic acids is 1. The van der Waals surface area contributed by atoms with E-state index in [2.05, 4.69) is 20.8 Å². The monoisotopic (exact) mass is 238 g/mol. The normalized spacial score (nSPS) is 40.4. The maximum absolute atomic E-state index is 11.1. The van der Waals surface area contributed by atoms with Gasteiger partial charge in [-0.1, -0.05) is 33.3 Å².